The Morgan fingerprint density at radius 2 is 0.975 bits per heavy atom. The van der Waals surface area contributed by atoms with E-state index < -0.39 is 5.97 Å². The van der Waals surface area contributed by atoms with Crippen LogP contribution in [0.3, 0.4) is 0 Å². The highest BCUT2D eigenvalue weighted by atomic mass is 16.5. The Kier molecular flexibility index (Phi) is 32.0. The lowest BCUT2D eigenvalue weighted by Gasteiger charge is -2.05. The van der Waals surface area contributed by atoms with Gasteiger partial charge in [0.1, 0.15) is 5.75 Å². The monoisotopic (exact) mass is 559 g/mol. The molecule has 0 aromatic heterocycles. The summed E-state index contributed by atoms with van der Waals surface area (Å²) in [5.74, 6) is 0.335. The fraction of sp³-hybridized carbons (Fsp3) is 0.757. The molecule has 1 aromatic rings. The van der Waals surface area contributed by atoms with E-state index in [9.17, 15) is 4.79 Å². The molecule has 0 bridgehead atoms. The van der Waals surface area contributed by atoms with Crippen molar-refractivity contribution in [2.75, 3.05) is 6.61 Å². The van der Waals surface area contributed by atoms with Crippen molar-refractivity contribution in [3.63, 3.8) is 0 Å². The van der Waals surface area contributed by atoms with Crippen LogP contribution >= 0.6 is 0 Å². The quantitative estimate of drug-likeness (QED) is 0.0821. The number of hydrogen-bond acceptors (Lipinski definition) is 2. The lowest BCUT2D eigenvalue weighted by Crippen LogP contribution is -1.96. The number of allylic oxidation sites excluding steroid dienone is 2. The number of ether oxygens (including phenoxy) is 1. The van der Waals surface area contributed by atoms with Gasteiger partial charge in [-0.1, -0.05) is 160 Å². The summed E-state index contributed by atoms with van der Waals surface area (Å²) in [6.45, 7) is 5.40. The van der Waals surface area contributed by atoms with Crippen molar-refractivity contribution < 1.29 is 14.6 Å². The van der Waals surface area contributed by atoms with Gasteiger partial charge in [0, 0.05) is 6.42 Å². The first-order valence-corrected chi connectivity index (χ1v) is 17.2. The number of carboxylic acids is 1. The van der Waals surface area contributed by atoms with Crippen molar-refractivity contribution in [1.29, 1.82) is 0 Å². The Labute approximate surface area is 249 Å². The average molecular weight is 559 g/mol. The molecule has 0 amide bonds. The standard InChI is InChI=1S/C19H32O.C18H34O2/c1-2-3-4-5-6-7-8-9-10-11-15-18-20-19-16-13-12-14-17-19;1-2-3-4-5-6-7-8-9-10-11-12-13-14-15-16-17-18(19)20/h12-14,16-17H,2-11,15,18H2,1H3;9-10H,2-8,11-17H2,1H3,(H,19,20). The highest BCUT2D eigenvalue weighted by Gasteiger charge is 1.96. The fourth-order valence-electron chi connectivity index (χ4n) is 4.82. The van der Waals surface area contributed by atoms with Gasteiger partial charge in [-0.15, -0.1) is 0 Å². The zero-order valence-electron chi connectivity index (χ0n) is 26.7. The molecule has 0 aliphatic carbocycles. The van der Waals surface area contributed by atoms with E-state index in [0.717, 1.165) is 25.2 Å². The maximum atomic E-state index is 10.3. The molecule has 232 valence electrons. The first-order chi connectivity index (χ1) is 19.7. The third kappa shape index (κ3) is 32.4. The van der Waals surface area contributed by atoms with E-state index in [1.807, 2.05) is 30.3 Å². The van der Waals surface area contributed by atoms with E-state index in [0.29, 0.717) is 6.42 Å². The number of aliphatic carboxylic acids is 1. The molecule has 0 unspecified atom stereocenters. The first-order valence-electron chi connectivity index (χ1n) is 17.2. The minimum Gasteiger partial charge on any atom is -0.494 e. The summed E-state index contributed by atoms with van der Waals surface area (Å²) in [5, 5.41) is 8.51. The second kappa shape index (κ2) is 33.4. The third-order valence-corrected chi connectivity index (χ3v) is 7.41. The second-order valence-electron chi connectivity index (χ2n) is 11.4. The number of carboxylic acid groups (broad SMARTS) is 1. The molecule has 0 spiro atoms. The Hall–Kier alpha value is -1.77. The SMILES string of the molecule is CCCCCCCCC=CCCCCCCCC(=O)O.CCCCCCCCCCCCCOc1ccccc1. The Bertz CT molecular complexity index is 640. The van der Waals surface area contributed by atoms with E-state index in [-0.39, 0.29) is 0 Å². The molecule has 0 atom stereocenters. The van der Waals surface area contributed by atoms with Gasteiger partial charge in [-0.3, -0.25) is 4.79 Å². The van der Waals surface area contributed by atoms with E-state index in [4.69, 9.17) is 9.84 Å². The normalized spacial score (nSPS) is 10.9. The molecule has 0 aliphatic rings. The van der Waals surface area contributed by atoms with Gasteiger partial charge in [0.2, 0.25) is 0 Å². The molecule has 0 saturated carbocycles. The van der Waals surface area contributed by atoms with Crippen LogP contribution in [0, 0.1) is 0 Å². The lowest BCUT2D eigenvalue weighted by atomic mass is 10.1. The number of rotatable bonds is 28. The largest absolute Gasteiger partial charge is 0.494 e. The minimum absolute atomic E-state index is 0.332. The van der Waals surface area contributed by atoms with E-state index in [1.165, 1.54) is 141 Å². The Morgan fingerprint density at radius 1 is 0.575 bits per heavy atom. The van der Waals surface area contributed by atoms with Crippen LogP contribution in [0.15, 0.2) is 42.5 Å². The molecule has 1 N–H and O–H groups in total. The van der Waals surface area contributed by atoms with Crippen molar-refractivity contribution in [2.24, 2.45) is 0 Å². The van der Waals surface area contributed by atoms with E-state index in [2.05, 4.69) is 26.0 Å². The van der Waals surface area contributed by atoms with Crippen molar-refractivity contribution in [3.8, 4) is 5.75 Å². The fourth-order valence-corrected chi connectivity index (χ4v) is 4.82. The van der Waals surface area contributed by atoms with Gasteiger partial charge in [-0.2, -0.15) is 0 Å². The van der Waals surface area contributed by atoms with Crippen LogP contribution < -0.4 is 4.74 Å². The predicted octanol–water partition coefficient (Wildman–Crippen LogP) is 12.5. The third-order valence-electron chi connectivity index (χ3n) is 7.41. The molecular weight excluding hydrogens is 492 g/mol. The van der Waals surface area contributed by atoms with Gasteiger partial charge in [0.15, 0.2) is 0 Å². The molecule has 3 heteroatoms. The van der Waals surface area contributed by atoms with Crippen molar-refractivity contribution in [3.05, 3.63) is 42.5 Å². The van der Waals surface area contributed by atoms with Crippen LogP contribution in [0.5, 0.6) is 5.75 Å². The summed E-state index contributed by atoms with van der Waals surface area (Å²) >= 11 is 0. The average Bonchev–Trinajstić information content (AvgIpc) is 2.96. The highest BCUT2D eigenvalue weighted by molar-refractivity contribution is 5.66. The van der Waals surface area contributed by atoms with E-state index >= 15 is 0 Å². The predicted molar refractivity (Wildman–Crippen MR) is 175 cm³/mol. The molecule has 0 radical (unpaired) electrons. The van der Waals surface area contributed by atoms with Crippen molar-refractivity contribution in [1.82, 2.24) is 0 Å². The van der Waals surface area contributed by atoms with Crippen molar-refractivity contribution in [2.45, 2.75) is 174 Å². The Morgan fingerprint density at radius 3 is 1.43 bits per heavy atom. The highest BCUT2D eigenvalue weighted by Crippen LogP contribution is 2.13. The summed E-state index contributed by atoms with van der Waals surface area (Å²) in [6.07, 6.45) is 36.5. The molecule has 3 nitrogen and oxygen atoms in total. The summed E-state index contributed by atoms with van der Waals surface area (Å²) in [5.41, 5.74) is 0. The molecular formula is C37H66O3. The first kappa shape index (κ1) is 38.2. The summed E-state index contributed by atoms with van der Waals surface area (Å²) in [6, 6.07) is 10.1. The molecule has 0 aliphatic heterocycles. The van der Waals surface area contributed by atoms with Crippen LogP contribution in [0.4, 0.5) is 0 Å². The molecule has 1 rings (SSSR count). The second-order valence-corrected chi connectivity index (χ2v) is 11.4. The van der Waals surface area contributed by atoms with Crippen molar-refractivity contribution >= 4 is 5.97 Å². The number of hydrogen-bond donors (Lipinski definition) is 1. The van der Waals surface area contributed by atoms with Crippen LogP contribution in [-0.2, 0) is 4.79 Å². The number of unbranched alkanes of at least 4 members (excludes halogenated alkanes) is 21. The zero-order valence-corrected chi connectivity index (χ0v) is 26.7. The summed E-state index contributed by atoms with van der Waals surface area (Å²) in [4.78, 5) is 10.3. The molecule has 0 heterocycles. The van der Waals surface area contributed by atoms with Crippen LogP contribution in [-0.4, -0.2) is 17.7 Å². The molecule has 0 fully saturated rings. The van der Waals surface area contributed by atoms with Crippen LogP contribution in [0.25, 0.3) is 0 Å². The topological polar surface area (TPSA) is 46.5 Å². The zero-order chi connectivity index (χ0) is 29.2. The van der Waals surface area contributed by atoms with Crippen LogP contribution in [0.1, 0.15) is 174 Å². The number of carbonyl (C=O) groups is 1. The summed E-state index contributed by atoms with van der Waals surface area (Å²) in [7, 11) is 0. The molecule has 0 saturated heterocycles. The van der Waals surface area contributed by atoms with Crippen LogP contribution in [0.2, 0.25) is 0 Å². The number of benzene rings is 1. The van der Waals surface area contributed by atoms with Gasteiger partial charge >= 0.3 is 5.97 Å². The van der Waals surface area contributed by atoms with Gasteiger partial charge in [-0.25, -0.2) is 0 Å². The van der Waals surface area contributed by atoms with Gasteiger partial charge in [0.25, 0.3) is 0 Å². The van der Waals surface area contributed by atoms with Gasteiger partial charge in [-0.05, 0) is 50.7 Å². The maximum absolute atomic E-state index is 10.3. The van der Waals surface area contributed by atoms with Gasteiger partial charge in [0.05, 0.1) is 6.61 Å². The van der Waals surface area contributed by atoms with E-state index in [1.54, 1.807) is 0 Å². The lowest BCUT2D eigenvalue weighted by molar-refractivity contribution is -0.137. The summed E-state index contributed by atoms with van der Waals surface area (Å²) < 4.78 is 5.69. The molecule has 1 aromatic carbocycles. The number of para-hydroxylation sites is 1. The minimum atomic E-state index is -0.664. The smallest absolute Gasteiger partial charge is 0.303 e. The maximum Gasteiger partial charge on any atom is 0.303 e. The van der Waals surface area contributed by atoms with Gasteiger partial charge < -0.3 is 9.84 Å². The Balaban J connectivity index is 0.000000760. The molecule has 40 heavy (non-hydrogen) atoms.